The highest BCUT2D eigenvalue weighted by Crippen LogP contribution is 2.31. The molecule has 1 aliphatic heterocycles. The number of nitrogens with zero attached hydrogens (tertiary/aromatic N) is 1. The van der Waals surface area contributed by atoms with E-state index in [1.165, 1.54) is 24.2 Å². The molecule has 2 nitrogen and oxygen atoms in total. The Bertz CT molecular complexity index is 341. The van der Waals surface area contributed by atoms with Crippen LogP contribution in [0.3, 0.4) is 0 Å². The average molecular weight is 160 g/mol. The van der Waals surface area contributed by atoms with Crippen molar-refractivity contribution in [2.75, 3.05) is 5.43 Å². The molecule has 62 valence electrons. The fraction of sp³-hybridized carbons (Fsp3) is 0.400. The van der Waals surface area contributed by atoms with Crippen molar-refractivity contribution in [3.63, 3.8) is 0 Å². The summed E-state index contributed by atoms with van der Waals surface area (Å²) in [6, 6.07) is 2.10. The van der Waals surface area contributed by atoms with Gasteiger partial charge < -0.3 is 0 Å². The number of hydrogen-bond donors (Lipinski definition) is 1. The number of rotatable bonds is 3. The smallest absolute Gasteiger partial charge is 0.149 e. The minimum Gasteiger partial charge on any atom is -0.275 e. The Labute approximate surface area is 72.6 Å². The number of hydrogen-bond acceptors (Lipinski definition) is 1. The van der Waals surface area contributed by atoms with Crippen LogP contribution in [0.1, 0.15) is 31.0 Å². The Morgan fingerprint density at radius 1 is 1.67 bits per heavy atom. The molecule has 2 rings (SSSR count). The summed E-state index contributed by atoms with van der Waals surface area (Å²) in [5, 5.41) is 0. The molecule has 1 aromatic heterocycles. The van der Waals surface area contributed by atoms with Crippen LogP contribution in [0.25, 0.3) is 0 Å². The van der Waals surface area contributed by atoms with E-state index >= 15 is 0 Å². The lowest BCUT2D eigenvalue weighted by Gasteiger charge is -1.93. The van der Waals surface area contributed by atoms with Crippen molar-refractivity contribution in [3.05, 3.63) is 17.3 Å². The van der Waals surface area contributed by atoms with Crippen LogP contribution in [-0.2, 0) is 6.42 Å². The first kappa shape index (κ1) is 7.30. The number of aryl methyl sites for hydroxylation is 1. The fourth-order valence-corrected chi connectivity index (χ4v) is 1.44. The summed E-state index contributed by atoms with van der Waals surface area (Å²) in [7, 11) is 0. The average Bonchev–Trinajstić information content (AvgIpc) is 2.80. The Balaban J connectivity index is 2.15. The number of aromatic nitrogens is 1. The molecule has 2 heteroatoms. The van der Waals surface area contributed by atoms with Gasteiger partial charge in [-0.15, -0.1) is 6.42 Å². The SMILES string of the molecule is C#Cc1cc(CCCC)c2n1N2. The fourth-order valence-electron chi connectivity index (χ4n) is 1.44. The van der Waals surface area contributed by atoms with Crippen LogP contribution in [0.5, 0.6) is 0 Å². The molecule has 0 aromatic carbocycles. The van der Waals surface area contributed by atoms with E-state index in [1.807, 2.05) is 4.68 Å². The highest BCUT2D eigenvalue weighted by Gasteiger charge is 2.23. The largest absolute Gasteiger partial charge is 0.275 e. The van der Waals surface area contributed by atoms with Gasteiger partial charge in [-0.2, -0.15) is 0 Å². The molecule has 1 aromatic rings. The van der Waals surface area contributed by atoms with Crippen LogP contribution >= 0.6 is 0 Å². The lowest BCUT2D eigenvalue weighted by molar-refractivity contribution is 0.798. The van der Waals surface area contributed by atoms with E-state index < -0.39 is 0 Å². The predicted octanol–water partition coefficient (Wildman–Crippen LogP) is 2.00. The molecule has 0 unspecified atom stereocenters. The van der Waals surface area contributed by atoms with Gasteiger partial charge in [0.15, 0.2) is 0 Å². The summed E-state index contributed by atoms with van der Waals surface area (Å²) in [5.74, 6) is 3.86. The van der Waals surface area contributed by atoms with Crippen LogP contribution in [0.15, 0.2) is 6.07 Å². The molecule has 0 saturated carbocycles. The molecule has 2 heterocycles. The second-order valence-corrected chi connectivity index (χ2v) is 3.10. The van der Waals surface area contributed by atoms with Crippen molar-refractivity contribution in [2.24, 2.45) is 0 Å². The minimum atomic E-state index is 0.955. The van der Waals surface area contributed by atoms with E-state index in [0.717, 1.165) is 12.1 Å². The lowest BCUT2D eigenvalue weighted by Crippen LogP contribution is -1.87. The summed E-state index contributed by atoms with van der Waals surface area (Å²) in [5.41, 5.74) is 5.45. The first-order valence-electron chi connectivity index (χ1n) is 4.35. The predicted molar refractivity (Wildman–Crippen MR) is 50.0 cm³/mol. The Morgan fingerprint density at radius 2 is 2.50 bits per heavy atom. The van der Waals surface area contributed by atoms with E-state index in [4.69, 9.17) is 6.42 Å². The summed E-state index contributed by atoms with van der Waals surface area (Å²) in [6.07, 6.45) is 8.93. The van der Waals surface area contributed by atoms with Gasteiger partial charge in [0.1, 0.15) is 11.5 Å². The van der Waals surface area contributed by atoms with Crippen molar-refractivity contribution in [2.45, 2.75) is 26.2 Å². The Kier molecular flexibility index (Phi) is 1.58. The lowest BCUT2D eigenvalue weighted by atomic mass is 10.1. The first-order valence-corrected chi connectivity index (χ1v) is 4.35. The summed E-state index contributed by atoms with van der Waals surface area (Å²) in [4.78, 5) is 0. The van der Waals surface area contributed by atoms with Gasteiger partial charge in [0.05, 0.1) is 0 Å². The maximum Gasteiger partial charge on any atom is 0.149 e. The molecule has 0 aliphatic carbocycles. The van der Waals surface area contributed by atoms with Gasteiger partial charge in [-0.25, -0.2) is 4.68 Å². The zero-order chi connectivity index (χ0) is 8.55. The standard InChI is InChI=1S/C10H12N2/c1-3-5-6-8-7-9(4-2)12-10(8)11-12/h2,7,11H,3,5-6H2,1H3. The molecule has 0 fully saturated rings. The zero-order valence-corrected chi connectivity index (χ0v) is 7.22. The first-order chi connectivity index (χ1) is 5.86. The second kappa shape index (κ2) is 2.60. The Morgan fingerprint density at radius 3 is 3.08 bits per heavy atom. The van der Waals surface area contributed by atoms with Gasteiger partial charge >= 0.3 is 0 Å². The zero-order valence-electron chi connectivity index (χ0n) is 7.22. The van der Waals surface area contributed by atoms with E-state index in [0.29, 0.717) is 0 Å². The summed E-state index contributed by atoms with van der Waals surface area (Å²) in [6.45, 7) is 2.20. The summed E-state index contributed by atoms with van der Waals surface area (Å²) < 4.78 is 1.96. The van der Waals surface area contributed by atoms with Gasteiger partial charge in [0.2, 0.25) is 0 Å². The molecule has 0 spiro atoms. The molecular weight excluding hydrogens is 148 g/mol. The molecule has 0 radical (unpaired) electrons. The van der Waals surface area contributed by atoms with Gasteiger partial charge in [-0.05, 0) is 24.5 Å². The van der Waals surface area contributed by atoms with Crippen molar-refractivity contribution in [1.82, 2.24) is 4.68 Å². The monoisotopic (exact) mass is 160 g/mol. The normalized spacial score (nSPS) is 11.7. The van der Waals surface area contributed by atoms with Crippen LogP contribution < -0.4 is 5.43 Å². The number of fused-ring (bicyclic) bond motifs is 1. The molecule has 12 heavy (non-hydrogen) atoms. The molecule has 0 saturated heterocycles. The van der Waals surface area contributed by atoms with Crippen LogP contribution in [0.4, 0.5) is 5.82 Å². The molecule has 1 aliphatic rings. The molecule has 1 N–H and O–H groups in total. The number of anilines is 1. The maximum absolute atomic E-state index is 5.32. The van der Waals surface area contributed by atoms with E-state index in [2.05, 4.69) is 24.3 Å². The minimum absolute atomic E-state index is 0.955. The van der Waals surface area contributed by atoms with Crippen molar-refractivity contribution < 1.29 is 0 Å². The quantitative estimate of drug-likeness (QED) is 0.539. The third kappa shape index (κ3) is 0.984. The number of unbranched alkanes of at least 4 members (excludes halogenated alkanes) is 1. The van der Waals surface area contributed by atoms with Crippen LogP contribution in [0, 0.1) is 12.3 Å². The maximum atomic E-state index is 5.32. The second-order valence-electron chi connectivity index (χ2n) is 3.10. The van der Waals surface area contributed by atoms with Crippen LogP contribution in [0.2, 0.25) is 0 Å². The number of terminal acetylenes is 1. The summed E-state index contributed by atoms with van der Waals surface area (Å²) >= 11 is 0. The van der Waals surface area contributed by atoms with Gasteiger partial charge in [-0.3, -0.25) is 5.43 Å². The molecule has 0 atom stereocenters. The third-order valence-corrected chi connectivity index (χ3v) is 2.19. The van der Waals surface area contributed by atoms with Crippen molar-refractivity contribution >= 4 is 5.82 Å². The molecule has 0 bridgehead atoms. The van der Waals surface area contributed by atoms with E-state index in [-0.39, 0.29) is 0 Å². The highest BCUT2D eigenvalue weighted by atomic mass is 15.6. The van der Waals surface area contributed by atoms with Gasteiger partial charge in [0, 0.05) is 0 Å². The van der Waals surface area contributed by atoms with Crippen LogP contribution in [-0.4, -0.2) is 4.68 Å². The van der Waals surface area contributed by atoms with Crippen molar-refractivity contribution in [1.29, 1.82) is 0 Å². The van der Waals surface area contributed by atoms with E-state index in [1.54, 1.807) is 0 Å². The molecule has 0 amide bonds. The van der Waals surface area contributed by atoms with E-state index in [9.17, 15) is 0 Å². The molecular formula is C10H12N2. The third-order valence-electron chi connectivity index (χ3n) is 2.19. The van der Waals surface area contributed by atoms with Crippen molar-refractivity contribution in [3.8, 4) is 12.3 Å². The van der Waals surface area contributed by atoms with Gasteiger partial charge in [-0.1, -0.05) is 19.3 Å². The van der Waals surface area contributed by atoms with Gasteiger partial charge in [0.25, 0.3) is 0 Å². The topological polar surface area (TPSA) is 26.9 Å². The number of nitrogens with one attached hydrogen (secondary N) is 1. The highest BCUT2D eigenvalue weighted by molar-refractivity contribution is 5.63. The Hall–Kier alpha value is -1.36.